The molecule has 0 fully saturated rings. The van der Waals surface area contributed by atoms with Crippen LogP contribution in [0, 0.1) is 0 Å². The molecule has 2 aromatic rings. The number of hydrogen-bond acceptors (Lipinski definition) is 5. The smallest absolute Gasteiger partial charge is 0.332 e. The zero-order valence-electron chi connectivity index (χ0n) is 12.6. The number of methoxy groups -OCH3 is 1. The molecule has 0 unspecified atom stereocenters. The molecule has 0 amide bonds. The van der Waals surface area contributed by atoms with Gasteiger partial charge in [-0.3, -0.25) is 13.9 Å². The zero-order chi connectivity index (χ0) is 15.6. The number of nitrogens with two attached hydrogens (primary N) is 1. The standard InChI is InChI=1S/C13H21N5O3/c1-4-17-11-10(16(2)9(15-11)8-21-3)12(19)18(13(17)20)7-5-6-14/h4-8,14H2,1-3H3. The second-order valence-electron chi connectivity index (χ2n) is 4.82. The highest BCUT2D eigenvalue weighted by molar-refractivity contribution is 5.71. The lowest BCUT2D eigenvalue weighted by Gasteiger charge is -2.09. The molecule has 116 valence electrons. The molecule has 8 nitrogen and oxygen atoms in total. The Bertz CT molecular complexity index is 756. The SMILES string of the molecule is CCn1c(=O)n(CCCN)c(=O)c2c1nc(COC)n2C. The van der Waals surface area contributed by atoms with E-state index in [4.69, 9.17) is 10.5 Å². The minimum atomic E-state index is -0.342. The maximum absolute atomic E-state index is 12.6. The van der Waals surface area contributed by atoms with Crippen molar-refractivity contribution >= 4 is 11.2 Å². The number of imidazole rings is 1. The Morgan fingerprint density at radius 3 is 2.57 bits per heavy atom. The quantitative estimate of drug-likeness (QED) is 0.768. The summed E-state index contributed by atoms with van der Waals surface area (Å²) in [6, 6.07) is 0. The number of rotatable bonds is 6. The number of aromatic nitrogens is 4. The lowest BCUT2D eigenvalue weighted by molar-refractivity contribution is 0.175. The second-order valence-corrected chi connectivity index (χ2v) is 4.82. The zero-order valence-corrected chi connectivity index (χ0v) is 12.6. The molecule has 0 atom stereocenters. The molecule has 2 heterocycles. The van der Waals surface area contributed by atoms with Crippen molar-refractivity contribution in [2.45, 2.75) is 33.0 Å². The number of aryl methyl sites for hydroxylation is 2. The van der Waals surface area contributed by atoms with Crippen LogP contribution in [-0.2, 0) is 31.5 Å². The Hall–Kier alpha value is -1.93. The molecule has 0 aliphatic carbocycles. The minimum Gasteiger partial charge on any atom is -0.377 e. The van der Waals surface area contributed by atoms with Crippen molar-refractivity contribution in [3.05, 3.63) is 26.7 Å². The van der Waals surface area contributed by atoms with Gasteiger partial charge in [-0.1, -0.05) is 0 Å². The summed E-state index contributed by atoms with van der Waals surface area (Å²) >= 11 is 0. The maximum atomic E-state index is 12.6. The number of nitrogens with zero attached hydrogens (tertiary/aromatic N) is 4. The first-order chi connectivity index (χ1) is 10.1. The molecule has 0 radical (unpaired) electrons. The number of fused-ring (bicyclic) bond motifs is 1. The van der Waals surface area contributed by atoms with Crippen molar-refractivity contribution in [3.8, 4) is 0 Å². The highest BCUT2D eigenvalue weighted by atomic mass is 16.5. The third kappa shape index (κ3) is 2.52. The Morgan fingerprint density at radius 2 is 2.00 bits per heavy atom. The molecular formula is C13H21N5O3. The van der Waals surface area contributed by atoms with Crippen molar-refractivity contribution in [1.29, 1.82) is 0 Å². The molecule has 0 aliphatic heterocycles. The molecule has 0 aliphatic rings. The van der Waals surface area contributed by atoms with Gasteiger partial charge in [0.15, 0.2) is 11.2 Å². The third-order valence-electron chi connectivity index (χ3n) is 3.51. The van der Waals surface area contributed by atoms with Crippen LogP contribution in [0.4, 0.5) is 0 Å². The van der Waals surface area contributed by atoms with Gasteiger partial charge in [0.25, 0.3) is 5.56 Å². The summed E-state index contributed by atoms with van der Waals surface area (Å²) in [5.41, 5.74) is 5.63. The Morgan fingerprint density at radius 1 is 1.29 bits per heavy atom. The predicted octanol–water partition coefficient (Wildman–Crippen LogP) is -0.588. The maximum Gasteiger partial charge on any atom is 0.332 e. The van der Waals surface area contributed by atoms with Gasteiger partial charge in [0.05, 0.1) is 0 Å². The summed E-state index contributed by atoms with van der Waals surface area (Å²) in [5.74, 6) is 0.614. The third-order valence-corrected chi connectivity index (χ3v) is 3.51. The van der Waals surface area contributed by atoms with Crippen LogP contribution in [0.2, 0.25) is 0 Å². The Kier molecular flexibility index (Phi) is 4.59. The number of hydrogen-bond donors (Lipinski definition) is 1. The highest BCUT2D eigenvalue weighted by Gasteiger charge is 2.18. The van der Waals surface area contributed by atoms with Gasteiger partial charge in [0.2, 0.25) is 0 Å². The fraction of sp³-hybridized carbons (Fsp3) is 0.615. The van der Waals surface area contributed by atoms with E-state index in [1.165, 1.54) is 9.13 Å². The van der Waals surface area contributed by atoms with Gasteiger partial charge in [-0.05, 0) is 19.9 Å². The van der Waals surface area contributed by atoms with Gasteiger partial charge in [-0.25, -0.2) is 9.78 Å². The van der Waals surface area contributed by atoms with E-state index in [2.05, 4.69) is 4.98 Å². The van der Waals surface area contributed by atoms with Gasteiger partial charge in [0.1, 0.15) is 12.4 Å². The van der Waals surface area contributed by atoms with Crippen molar-refractivity contribution in [1.82, 2.24) is 18.7 Å². The average Bonchev–Trinajstić information content (AvgIpc) is 2.77. The predicted molar refractivity (Wildman–Crippen MR) is 79.3 cm³/mol. The summed E-state index contributed by atoms with van der Waals surface area (Å²) in [6.45, 7) is 3.32. The summed E-state index contributed by atoms with van der Waals surface area (Å²) in [4.78, 5) is 29.4. The van der Waals surface area contributed by atoms with E-state index in [1.807, 2.05) is 6.92 Å². The average molecular weight is 295 g/mol. The molecule has 0 saturated heterocycles. The van der Waals surface area contributed by atoms with E-state index in [-0.39, 0.29) is 17.9 Å². The van der Waals surface area contributed by atoms with Crippen molar-refractivity contribution < 1.29 is 4.74 Å². The molecule has 0 bridgehead atoms. The van der Waals surface area contributed by atoms with Crippen molar-refractivity contribution in [2.24, 2.45) is 12.8 Å². The van der Waals surface area contributed by atoms with Crippen LogP contribution < -0.4 is 17.0 Å². The lowest BCUT2D eigenvalue weighted by Crippen LogP contribution is -2.40. The van der Waals surface area contributed by atoms with Crippen LogP contribution >= 0.6 is 0 Å². The van der Waals surface area contributed by atoms with E-state index in [9.17, 15) is 9.59 Å². The summed E-state index contributed by atoms with van der Waals surface area (Å²) in [7, 11) is 3.31. The molecule has 0 aromatic carbocycles. The van der Waals surface area contributed by atoms with Crippen molar-refractivity contribution in [3.63, 3.8) is 0 Å². The molecule has 0 saturated carbocycles. The minimum absolute atomic E-state index is 0.283. The van der Waals surface area contributed by atoms with Gasteiger partial charge in [-0.15, -0.1) is 0 Å². The molecule has 8 heteroatoms. The van der Waals surface area contributed by atoms with Gasteiger partial charge in [0, 0.05) is 27.2 Å². The molecule has 2 rings (SSSR count). The Labute approximate surface area is 121 Å². The molecule has 0 spiro atoms. The van der Waals surface area contributed by atoms with E-state index in [0.717, 1.165) is 0 Å². The largest absolute Gasteiger partial charge is 0.377 e. The van der Waals surface area contributed by atoms with Crippen LogP contribution in [0.1, 0.15) is 19.2 Å². The summed E-state index contributed by atoms with van der Waals surface area (Å²) in [5, 5.41) is 0. The Balaban J connectivity index is 2.81. The van der Waals surface area contributed by atoms with Crippen LogP contribution in [0.25, 0.3) is 11.2 Å². The van der Waals surface area contributed by atoms with E-state index >= 15 is 0 Å². The van der Waals surface area contributed by atoms with Gasteiger partial charge >= 0.3 is 5.69 Å². The highest BCUT2D eigenvalue weighted by Crippen LogP contribution is 2.10. The van der Waals surface area contributed by atoms with Gasteiger partial charge < -0.3 is 15.0 Å². The van der Waals surface area contributed by atoms with E-state index in [1.54, 1.807) is 18.7 Å². The fourth-order valence-electron chi connectivity index (χ4n) is 2.40. The number of ether oxygens (including phenoxy) is 1. The summed E-state index contributed by atoms with van der Waals surface area (Å²) in [6.07, 6.45) is 0.577. The van der Waals surface area contributed by atoms with Gasteiger partial charge in [-0.2, -0.15) is 0 Å². The van der Waals surface area contributed by atoms with E-state index in [0.29, 0.717) is 43.0 Å². The van der Waals surface area contributed by atoms with Crippen LogP contribution in [0.15, 0.2) is 9.59 Å². The fourth-order valence-corrected chi connectivity index (χ4v) is 2.40. The van der Waals surface area contributed by atoms with Crippen LogP contribution in [0.3, 0.4) is 0 Å². The first-order valence-electron chi connectivity index (χ1n) is 6.94. The van der Waals surface area contributed by atoms with Crippen LogP contribution in [-0.4, -0.2) is 32.3 Å². The second kappa shape index (κ2) is 6.23. The monoisotopic (exact) mass is 295 g/mol. The molecule has 2 N–H and O–H groups in total. The van der Waals surface area contributed by atoms with Crippen molar-refractivity contribution in [2.75, 3.05) is 13.7 Å². The molecule has 21 heavy (non-hydrogen) atoms. The first-order valence-corrected chi connectivity index (χ1v) is 6.94. The molecule has 2 aromatic heterocycles. The van der Waals surface area contributed by atoms with E-state index < -0.39 is 0 Å². The topological polar surface area (TPSA) is 97.1 Å². The summed E-state index contributed by atoms with van der Waals surface area (Å²) < 4.78 is 9.51. The lowest BCUT2D eigenvalue weighted by atomic mass is 10.4. The first kappa shape index (κ1) is 15.5. The molecular weight excluding hydrogens is 274 g/mol. The van der Waals surface area contributed by atoms with Crippen LogP contribution in [0.5, 0.6) is 0 Å². The normalized spacial score (nSPS) is 11.4.